The molecule has 1 atom stereocenters. The van der Waals surface area contributed by atoms with E-state index in [1.165, 1.54) is 6.92 Å². The van der Waals surface area contributed by atoms with E-state index < -0.39 is 11.7 Å². The molecule has 1 aromatic carbocycles. The van der Waals surface area contributed by atoms with E-state index in [1.807, 2.05) is 67.7 Å². The minimum atomic E-state index is -0.494. The van der Waals surface area contributed by atoms with E-state index in [1.54, 1.807) is 6.08 Å². The van der Waals surface area contributed by atoms with Gasteiger partial charge in [-0.3, -0.25) is 4.79 Å². The number of carbonyl (C=O) groups is 1. The first-order valence-corrected chi connectivity index (χ1v) is 11.6. The van der Waals surface area contributed by atoms with Crippen molar-refractivity contribution < 1.29 is 14.3 Å². The molecule has 1 aliphatic carbocycles. The maximum atomic E-state index is 12.0. The van der Waals surface area contributed by atoms with E-state index >= 15 is 0 Å². The molecule has 1 aromatic heterocycles. The fourth-order valence-electron chi connectivity index (χ4n) is 3.95. The van der Waals surface area contributed by atoms with Crippen LogP contribution in [0.5, 0.6) is 0 Å². The Kier molecular flexibility index (Phi) is 7.83. The van der Waals surface area contributed by atoms with Crippen molar-refractivity contribution in [2.24, 2.45) is 0 Å². The van der Waals surface area contributed by atoms with E-state index in [0.29, 0.717) is 24.2 Å². The van der Waals surface area contributed by atoms with Crippen molar-refractivity contribution in [3.05, 3.63) is 76.4 Å². The Morgan fingerprint density at radius 3 is 2.50 bits per heavy atom. The molecule has 0 N–H and O–H groups in total. The third-order valence-corrected chi connectivity index (χ3v) is 5.57. The molecule has 6 heteroatoms. The highest BCUT2D eigenvalue weighted by Crippen LogP contribution is 2.32. The molecule has 3 rings (SSSR count). The monoisotopic (exact) mass is 457 g/mol. The van der Waals surface area contributed by atoms with Gasteiger partial charge in [-0.1, -0.05) is 49.8 Å². The number of rotatable bonds is 8. The van der Waals surface area contributed by atoms with E-state index in [0.717, 1.165) is 35.4 Å². The number of allylic oxidation sites excluding steroid dienone is 2. The van der Waals surface area contributed by atoms with Crippen molar-refractivity contribution in [1.29, 1.82) is 5.26 Å². The number of benzene rings is 1. The average molecular weight is 458 g/mol. The van der Waals surface area contributed by atoms with Gasteiger partial charge in [0, 0.05) is 13.3 Å². The predicted molar refractivity (Wildman–Crippen MR) is 132 cm³/mol. The second-order valence-corrected chi connectivity index (χ2v) is 9.43. The Morgan fingerprint density at radius 1 is 1.24 bits per heavy atom. The zero-order valence-corrected chi connectivity index (χ0v) is 20.5. The smallest absolute Gasteiger partial charge is 0.181 e. The fourth-order valence-corrected chi connectivity index (χ4v) is 3.95. The largest absolute Gasteiger partial charge is 0.362 e. The molecule has 1 heterocycles. The average Bonchev–Trinajstić information content (AvgIpc) is 3.15. The summed E-state index contributed by atoms with van der Waals surface area (Å²) in [6.07, 6.45) is 7.67. The molecular weight excluding hydrogens is 426 g/mol. The number of nitrogens with zero attached hydrogens (tertiary/aromatic N) is 3. The fraction of sp³-hybridized carbons (Fsp3) is 0.393. The molecule has 1 unspecified atom stereocenters. The first kappa shape index (κ1) is 25.1. The summed E-state index contributed by atoms with van der Waals surface area (Å²) in [4.78, 5) is 28.1. The normalized spacial score (nSPS) is 15.6. The maximum absolute atomic E-state index is 12.0. The molecular formula is C28H31N3O3. The lowest BCUT2D eigenvalue weighted by Gasteiger charge is -2.30. The van der Waals surface area contributed by atoms with Gasteiger partial charge in [-0.15, -0.1) is 0 Å². The van der Waals surface area contributed by atoms with Crippen LogP contribution in [0.2, 0.25) is 0 Å². The third-order valence-electron chi connectivity index (χ3n) is 5.57. The highest BCUT2D eigenvalue weighted by molar-refractivity contribution is 5.94. The Balaban J connectivity index is 1.93. The molecule has 0 bridgehead atoms. The van der Waals surface area contributed by atoms with Crippen LogP contribution < -0.4 is 0 Å². The van der Waals surface area contributed by atoms with Crippen LogP contribution in [0.3, 0.4) is 0 Å². The Hall–Kier alpha value is -3.52. The molecule has 0 fully saturated rings. The van der Waals surface area contributed by atoms with Crippen LogP contribution in [0.15, 0.2) is 48.1 Å². The van der Waals surface area contributed by atoms with Gasteiger partial charge in [0.2, 0.25) is 0 Å². The molecule has 6 nitrogen and oxygen atoms in total. The van der Waals surface area contributed by atoms with Crippen molar-refractivity contribution >= 4 is 17.3 Å². The molecule has 34 heavy (non-hydrogen) atoms. The molecule has 0 aliphatic heterocycles. The van der Waals surface area contributed by atoms with Crippen molar-refractivity contribution in [3.63, 3.8) is 0 Å². The molecule has 0 radical (unpaired) electrons. The Bertz CT molecular complexity index is 1210. The first-order valence-electron chi connectivity index (χ1n) is 11.6. The summed E-state index contributed by atoms with van der Waals surface area (Å²) in [5.41, 5.74) is 3.39. The van der Waals surface area contributed by atoms with E-state index in [9.17, 15) is 14.9 Å². The van der Waals surface area contributed by atoms with Gasteiger partial charge in [0.1, 0.15) is 29.6 Å². The topological polar surface area (TPSA) is 85.0 Å². The van der Waals surface area contributed by atoms with Crippen LogP contribution in [-0.2, 0) is 22.5 Å². The van der Waals surface area contributed by atoms with Gasteiger partial charge in [0.25, 0.3) is 0 Å². The minimum absolute atomic E-state index is 0.204. The Morgan fingerprint density at radius 2 is 1.94 bits per heavy atom. The van der Waals surface area contributed by atoms with E-state index in [-0.39, 0.29) is 11.5 Å². The lowest BCUT2D eigenvalue weighted by molar-refractivity contribution is -0.0168. The molecule has 176 valence electrons. The lowest BCUT2D eigenvalue weighted by Crippen LogP contribution is -2.30. The molecule has 0 saturated carbocycles. The second kappa shape index (κ2) is 10.6. The molecule has 0 saturated heterocycles. The number of hydrogen-bond donors (Lipinski definition) is 0. The number of ether oxygens (including phenoxy) is 1. The predicted octanol–water partition coefficient (Wildman–Crippen LogP) is 5.24. The van der Waals surface area contributed by atoms with Crippen molar-refractivity contribution in [3.8, 4) is 6.07 Å². The molecule has 2 aromatic rings. The number of hydrogen-bond acceptors (Lipinski definition) is 5. The number of nitriles is 1. The number of aromatic nitrogens is 2. The molecule has 1 aliphatic rings. The van der Waals surface area contributed by atoms with Crippen LogP contribution >= 0.6 is 0 Å². The minimum Gasteiger partial charge on any atom is -0.362 e. The van der Waals surface area contributed by atoms with Crippen molar-refractivity contribution in [1.82, 2.24) is 9.55 Å². The number of aryl methyl sites for hydroxylation is 1. The number of unbranched alkanes of at least 4 members (excludes halogenated alkanes) is 1. The van der Waals surface area contributed by atoms with Crippen molar-refractivity contribution in [2.45, 2.75) is 72.1 Å². The van der Waals surface area contributed by atoms with Crippen LogP contribution in [0.25, 0.3) is 5.57 Å². The van der Waals surface area contributed by atoms with Gasteiger partial charge in [0.15, 0.2) is 11.5 Å². The summed E-state index contributed by atoms with van der Waals surface area (Å²) in [5.74, 6) is 2.57. The number of carbonyl (C=O) groups excluding carboxylic acids is 2. The highest BCUT2D eigenvalue weighted by Gasteiger charge is 2.28. The van der Waals surface area contributed by atoms with E-state index in [4.69, 9.17) is 4.74 Å². The van der Waals surface area contributed by atoms with Crippen LogP contribution in [0.1, 0.15) is 80.6 Å². The summed E-state index contributed by atoms with van der Waals surface area (Å²) in [6, 6.07) is 10.1. The summed E-state index contributed by atoms with van der Waals surface area (Å²) >= 11 is 0. The van der Waals surface area contributed by atoms with Gasteiger partial charge in [-0.2, -0.15) is 5.26 Å². The van der Waals surface area contributed by atoms with Crippen LogP contribution in [0, 0.1) is 11.3 Å². The quantitative estimate of drug-likeness (QED) is 0.400. The zero-order chi connectivity index (χ0) is 24.9. The third kappa shape index (κ3) is 5.69. The van der Waals surface area contributed by atoms with Crippen LogP contribution in [-0.4, -0.2) is 33.0 Å². The molecule has 0 amide bonds. The van der Waals surface area contributed by atoms with Crippen LogP contribution in [0.4, 0.5) is 0 Å². The summed E-state index contributed by atoms with van der Waals surface area (Å²) < 4.78 is 8.03. The highest BCUT2D eigenvalue weighted by atomic mass is 16.5. The number of imidazole rings is 1. The summed E-state index contributed by atoms with van der Waals surface area (Å²) in [6.45, 7) is 9.85. The first-order chi connectivity index (χ1) is 16.2. The van der Waals surface area contributed by atoms with E-state index in [2.05, 4.69) is 18.0 Å². The lowest BCUT2D eigenvalue weighted by atomic mass is 9.90. The number of ketones is 1. The van der Waals surface area contributed by atoms with Gasteiger partial charge in [-0.25, -0.2) is 9.78 Å². The zero-order valence-electron chi connectivity index (χ0n) is 20.5. The van der Waals surface area contributed by atoms with Crippen molar-refractivity contribution in [2.75, 3.05) is 0 Å². The Labute approximate surface area is 201 Å². The van der Waals surface area contributed by atoms with Gasteiger partial charge >= 0.3 is 0 Å². The molecule has 0 spiro atoms. The maximum Gasteiger partial charge on any atom is 0.181 e. The second-order valence-electron chi connectivity index (χ2n) is 9.43. The SMILES string of the molecule is CCCCc1nc(C(C)=O)c(C#N)n1Cc1ccc(C2=CC=CC(=C=O)C2OC(C)(C)C)cc1. The van der Waals surface area contributed by atoms with Gasteiger partial charge in [0.05, 0.1) is 17.7 Å². The summed E-state index contributed by atoms with van der Waals surface area (Å²) in [7, 11) is 0. The van der Waals surface area contributed by atoms with Gasteiger partial charge in [-0.05, 0) is 50.0 Å². The number of Topliss-reactive ketones (excluding diaryl/α,β-unsaturated/α-hetero) is 1. The summed E-state index contributed by atoms with van der Waals surface area (Å²) in [5, 5.41) is 9.72. The van der Waals surface area contributed by atoms with Gasteiger partial charge < -0.3 is 9.30 Å². The standard InChI is InChI=1S/C28H31N3O3/c1-6-7-11-25-30-26(19(2)33)24(16-29)31(25)17-20-12-14-21(15-13-20)23-10-8-9-22(18-32)27(23)34-28(3,4)5/h8-10,12-15,27H,6-7,11,17H2,1-5H3.